The van der Waals surface area contributed by atoms with Gasteiger partial charge in [0, 0.05) is 5.56 Å². The van der Waals surface area contributed by atoms with Crippen molar-refractivity contribution in [3.63, 3.8) is 0 Å². The Morgan fingerprint density at radius 3 is 2.74 bits per heavy atom. The number of rotatable bonds is 3. The lowest BCUT2D eigenvalue weighted by atomic mass is 10.0. The normalized spacial score (nSPS) is 15.2. The molecule has 1 amide bonds. The third kappa shape index (κ3) is 2.70. The van der Waals surface area contributed by atoms with E-state index in [9.17, 15) is 4.79 Å². The van der Waals surface area contributed by atoms with E-state index >= 15 is 0 Å². The van der Waals surface area contributed by atoms with E-state index in [0.29, 0.717) is 5.56 Å². The summed E-state index contributed by atoms with van der Waals surface area (Å²) >= 11 is 0. The van der Waals surface area contributed by atoms with Gasteiger partial charge in [-0.1, -0.05) is 11.2 Å². The molecule has 1 aromatic carbocycles. The zero-order valence-corrected chi connectivity index (χ0v) is 11.2. The molecule has 5 heteroatoms. The lowest BCUT2D eigenvalue weighted by Crippen LogP contribution is -2.53. The first kappa shape index (κ1) is 13.4. The molecule has 0 aromatic heterocycles. The average molecular weight is 261 g/mol. The first-order valence-corrected chi connectivity index (χ1v) is 6.36. The first-order chi connectivity index (χ1) is 8.94. The molecule has 1 aliphatic carbocycles. The van der Waals surface area contributed by atoms with Crippen molar-refractivity contribution in [2.45, 2.75) is 38.6 Å². The van der Waals surface area contributed by atoms with Crippen LogP contribution >= 0.6 is 0 Å². The molecule has 5 nitrogen and oxygen atoms in total. The van der Waals surface area contributed by atoms with Crippen LogP contribution in [-0.2, 0) is 12.8 Å². The summed E-state index contributed by atoms with van der Waals surface area (Å²) in [5.74, 6) is -0.242. The van der Waals surface area contributed by atoms with Gasteiger partial charge in [0.1, 0.15) is 0 Å². The maximum atomic E-state index is 12.2. The highest BCUT2D eigenvalue weighted by molar-refractivity contribution is 6.00. The fourth-order valence-electron chi connectivity index (χ4n) is 2.26. The number of nitrogens with one attached hydrogen (secondary N) is 1. The van der Waals surface area contributed by atoms with Crippen LogP contribution in [0.15, 0.2) is 23.4 Å². The minimum absolute atomic E-state index is 0.0259. The molecule has 0 bridgehead atoms. The third-order valence-corrected chi connectivity index (χ3v) is 3.53. The number of amidine groups is 1. The van der Waals surface area contributed by atoms with Crippen LogP contribution in [0, 0.1) is 0 Å². The Bertz CT molecular complexity index is 535. The molecular formula is C14H19N3O2. The second-order valence-corrected chi connectivity index (χ2v) is 5.40. The lowest BCUT2D eigenvalue weighted by molar-refractivity contribution is 0.0930. The highest BCUT2D eigenvalue weighted by Crippen LogP contribution is 2.23. The molecule has 2 rings (SSSR count). The Labute approximate surface area is 112 Å². The smallest absolute Gasteiger partial charge is 0.252 e. The number of oxime groups is 1. The van der Waals surface area contributed by atoms with Crippen molar-refractivity contribution < 1.29 is 10.0 Å². The second kappa shape index (κ2) is 4.91. The molecule has 0 radical (unpaired) electrons. The van der Waals surface area contributed by atoms with Gasteiger partial charge in [-0.05, 0) is 56.4 Å². The van der Waals surface area contributed by atoms with E-state index in [0.717, 1.165) is 19.3 Å². The van der Waals surface area contributed by atoms with Crippen molar-refractivity contribution in [1.82, 2.24) is 5.32 Å². The van der Waals surface area contributed by atoms with Crippen molar-refractivity contribution in [2.75, 3.05) is 0 Å². The number of carbonyl (C=O) groups excluding carboxylic acids is 1. The average Bonchev–Trinajstić information content (AvgIpc) is 2.84. The van der Waals surface area contributed by atoms with Gasteiger partial charge in [-0.2, -0.15) is 0 Å². The Morgan fingerprint density at radius 2 is 2.05 bits per heavy atom. The van der Waals surface area contributed by atoms with Crippen LogP contribution in [0.1, 0.15) is 41.8 Å². The van der Waals surface area contributed by atoms with E-state index in [-0.39, 0.29) is 11.7 Å². The molecule has 0 saturated heterocycles. The monoisotopic (exact) mass is 261 g/mol. The number of nitrogens with two attached hydrogens (primary N) is 1. The fourth-order valence-corrected chi connectivity index (χ4v) is 2.26. The van der Waals surface area contributed by atoms with Crippen molar-refractivity contribution in [1.29, 1.82) is 0 Å². The Kier molecular flexibility index (Phi) is 3.46. The minimum Gasteiger partial charge on any atom is -0.409 e. The molecule has 0 spiro atoms. The van der Waals surface area contributed by atoms with Crippen LogP contribution in [0.5, 0.6) is 0 Å². The molecule has 1 aliphatic rings. The standard InChI is InChI=1S/C14H19N3O2/c1-14(2,13(15)17-19)16-12(18)11-7-6-9-4-3-5-10(9)8-11/h6-8,19H,3-5H2,1-2H3,(H2,15,17)(H,16,18). The van der Waals surface area contributed by atoms with E-state index in [2.05, 4.69) is 10.5 Å². The number of hydrogen-bond acceptors (Lipinski definition) is 3. The predicted molar refractivity (Wildman–Crippen MR) is 73.4 cm³/mol. The molecule has 0 heterocycles. The van der Waals surface area contributed by atoms with E-state index < -0.39 is 5.54 Å². The Balaban J connectivity index is 2.17. The summed E-state index contributed by atoms with van der Waals surface area (Å²) in [5.41, 5.74) is 7.85. The summed E-state index contributed by atoms with van der Waals surface area (Å²) in [6, 6.07) is 5.76. The molecule has 1 aromatic rings. The minimum atomic E-state index is -0.884. The van der Waals surface area contributed by atoms with Gasteiger partial charge in [-0.3, -0.25) is 4.79 Å². The van der Waals surface area contributed by atoms with Gasteiger partial charge < -0.3 is 16.3 Å². The molecule has 0 atom stereocenters. The second-order valence-electron chi connectivity index (χ2n) is 5.40. The summed E-state index contributed by atoms with van der Waals surface area (Å²) < 4.78 is 0. The van der Waals surface area contributed by atoms with Gasteiger partial charge in [0.2, 0.25) is 0 Å². The summed E-state index contributed by atoms with van der Waals surface area (Å²) in [7, 11) is 0. The number of fused-ring (bicyclic) bond motifs is 1. The topological polar surface area (TPSA) is 87.7 Å². The molecule has 102 valence electrons. The molecule has 19 heavy (non-hydrogen) atoms. The largest absolute Gasteiger partial charge is 0.409 e. The van der Waals surface area contributed by atoms with Crippen molar-refractivity contribution in [2.24, 2.45) is 10.9 Å². The quantitative estimate of drug-likeness (QED) is 0.333. The summed E-state index contributed by atoms with van der Waals surface area (Å²) in [4.78, 5) is 12.2. The van der Waals surface area contributed by atoms with Crippen LogP contribution in [0.2, 0.25) is 0 Å². The zero-order valence-electron chi connectivity index (χ0n) is 11.2. The Hall–Kier alpha value is -2.04. The van der Waals surface area contributed by atoms with Gasteiger partial charge >= 0.3 is 0 Å². The van der Waals surface area contributed by atoms with Crippen LogP contribution in [0.4, 0.5) is 0 Å². The lowest BCUT2D eigenvalue weighted by Gasteiger charge is -2.24. The molecular weight excluding hydrogens is 242 g/mol. The first-order valence-electron chi connectivity index (χ1n) is 6.36. The van der Waals surface area contributed by atoms with E-state index in [4.69, 9.17) is 10.9 Å². The Morgan fingerprint density at radius 1 is 1.37 bits per heavy atom. The van der Waals surface area contributed by atoms with E-state index in [1.807, 2.05) is 18.2 Å². The van der Waals surface area contributed by atoms with Gasteiger partial charge in [-0.15, -0.1) is 0 Å². The SMILES string of the molecule is CC(C)(NC(=O)c1ccc2c(c1)CCC2)/C(N)=N/O. The fraction of sp³-hybridized carbons (Fsp3) is 0.429. The predicted octanol–water partition coefficient (Wildman–Crippen LogP) is 1.43. The van der Waals surface area contributed by atoms with Crippen molar-refractivity contribution >= 4 is 11.7 Å². The van der Waals surface area contributed by atoms with E-state index in [1.54, 1.807) is 13.8 Å². The maximum absolute atomic E-state index is 12.2. The number of amides is 1. The van der Waals surface area contributed by atoms with Gasteiger partial charge in [-0.25, -0.2) is 0 Å². The summed E-state index contributed by atoms with van der Waals surface area (Å²) in [5, 5.41) is 14.4. The van der Waals surface area contributed by atoms with Gasteiger partial charge in [0.05, 0.1) is 5.54 Å². The van der Waals surface area contributed by atoms with E-state index in [1.165, 1.54) is 11.1 Å². The van der Waals surface area contributed by atoms with Crippen molar-refractivity contribution in [3.8, 4) is 0 Å². The molecule has 0 aliphatic heterocycles. The highest BCUT2D eigenvalue weighted by atomic mass is 16.4. The van der Waals surface area contributed by atoms with Crippen LogP contribution in [-0.4, -0.2) is 22.5 Å². The number of aryl methyl sites for hydroxylation is 2. The highest BCUT2D eigenvalue weighted by Gasteiger charge is 2.26. The van der Waals surface area contributed by atoms with Crippen LogP contribution in [0.25, 0.3) is 0 Å². The maximum Gasteiger partial charge on any atom is 0.252 e. The molecule has 0 saturated carbocycles. The third-order valence-electron chi connectivity index (χ3n) is 3.53. The summed E-state index contributed by atoms with van der Waals surface area (Å²) in [6.07, 6.45) is 3.27. The van der Waals surface area contributed by atoms with Crippen LogP contribution < -0.4 is 11.1 Å². The van der Waals surface area contributed by atoms with Gasteiger partial charge in [0.15, 0.2) is 5.84 Å². The van der Waals surface area contributed by atoms with Crippen LogP contribution in [0.3, 0.4) is 0 Å². The van der Waals surface area contributed by atoms with Gasteiger partial charge in [0.25, 0.3) is 5.91 Å². The molecule has 0 fully saturated rings. The van der Waals surface area contributed by atoms with Crippen molar-refractivity contribution in [3.05, 3.63) is 34.9 Å². The molecule has 4 N–H and O–H groups in total. The molecule has 0 unspecified atom stereocenters. The zero-order chi connectivity index (χ0) is 14.0. The summed E-state index contributed by atoms with van der Waals surface area (Å²) in [6.45, 7) is 3.38. The number of hydrogen-bond donors (Lipinski definition) is 3. The number of nitrogens with zero attached hydrogens (tertiary/aromatic N) is 1. The number of benzene rings is 1. The number of carbonyl (C=O) groups is 1.